The van der Waals surface area contributed by atoms with Gasteiger partial charge in [-0.1, -0.05) is 45.7 Å². The van der Waals surface area contributed by atoms with Gasteiger partial charge in [0.15, 0.2) is 0 Å². The lowest BCUT2D eigenvalue weighted by Crippen LogP contribution is -2.22. The van der Waals surface area contributed by atoms with Gasteiger partial charge < -0.3 is 5.11 Å². The fourth-order valence-electron chi connectivity index (χ4n) is 2.06. The van der Waals surface area contributed by atoms with Crippen molar-refractivity contribution in [2.45, 2.75) is 0 Å². The van der Waals surface area contributed by atoms with Crippen LogP contribution in [-0.2, 0) is 0 Å². The molecule has 0 unspecified atom stereocenters. The second-order valence-corrected chi connectivity index (χ2v) is 6.29. The third-order valence-corrected chi connectivity index (χ3v) is 4.16. The van der Waals surface area contributed by atoms with Gasteiger partial charge in [-0.3, -0.25) is 10.2 Å². The molecule has 3 rings (SSSR count). The summed E-state index contributed by atoms with van der Waals surface area (Å²) < 4.78 is 2.01. The highest BCUT2D eigenvalue weighted by atomic mass is 79.9. The van der Waals surface area contributed by atoms with Crippen LogP contribution in [-0.4, -0.2) is 21.1 Å². The molecule has 126 valence electrons. The van der Waals surface area contributed by atoms with Gasteiger partial charge >= 0.3 is 0 Å². The van der Waals surface area contributed by atoms with E-state index in [1.54, 1.807) is 42.5 Å². The van der Waals surface area contributed by atoms with Crippen LogP contribution in [0.2, 0.25) is 5.02 Å². The minimum absolute atomic E-state index is 0.0329. The molecule has 0 aliphatic rings. The number of rotatable bonds is 4. The first kappa shape index (κ1) is 17.2. The van der Waals surface area contributed by atoms with Crippen LogP contribution in [0.4, 0.5) is 5.69 Å². The van der Waals surface area contributed by atoms with Crippen molar-refractivity contribution in [3.8, 4) is 11.4 Å². The SMILES string of the molecule is O=c1c(Cl)c(N/N=C\c2cc(Br)ccc2O)cnn1-c1ccccc1. The summed E-state index contributed by atoms with van der Waals surface area (Å²) >= 11 is 9.44. The lowest BCUT2D eigenvalue weighted by Gasteiger charge is -2.07. The number of halogens is 2. The molecule has 2 N–H and O–H groups in total. The third kappa shape index (κ3) is 3.89. The average Bonchev–Trinajstić information content (AvgIpc) is 2.62. The first-order chi connectivity index (χ1) is 12.1. The van der Waals surface area contributed by atoms with Crippen molar-refractivity contribution in [2.75, 3.05) is 5.43 Å². The predicted octanol–water partition coefficient (Wildman–Crippen LogP) is 3.80. The van der Waals surface area contributed by atoms with E-state index < -0.39 is 5.56 Å². The van der Waals surface area contributed by atoms with Crippen molar-refractivity contribution in [1.29, 1.82) is 0 Å². The second-order valence-electron chi connectivity index (χ2n) is 5.00. The highest BCUT2D eigenvalue weighted by Gasteiger charge is 2.10. The monoisotopic (exact) mass is 418 g/mol. The van der Waals surface area contributed by atoms with E-state index in [0.29, 0.717) is 11.3 Å². The Labute approximate surface area is 156 Å². The van der Waals surface area contributed by atoms with E-state index >= 15 is 0 Å². The van der Waals surface area contributed by atoms with E-state index in [0.717, 1.165) is 4.47 Å². The summed E-state index contributed by atoms with van der Waals surface area (Å²) in [4.78, 5) is 12.4. The maximum atomic E-state index is 12.4. The highest BCUT2D eigenvalue weighted by molar-refractivity contribution is 9.10. The van der Waals surface area contributed by atoms with Gasteiger partial charge in [0.05, 0.1) is 18.1 Å². The van der Waals surface area contributed by atoms with Crippen LogP contribution in [0.3, 0.4) is 0 Å². The van der Waals surface area contributed by atoms with Gasteiger partial charge in [0.25, 0.3) is 5.56 Å². The molecule has 0 aliphatic carbocycles. The molecule has 25 heavy (non-hydrogen) atoms. The number of aromatic hydroxyl groups is 1. The van der Waals surface area contributed by atoms with Gasteiger partial charge in [-0.15, -0.1) is 0 Å². The maximum absolute atomic E-state index is 12.4. The number of nitrogens with zero attached hydrogens (tertiary/aromatic N) is 3. The fourth-order valence-corrected chi connectivity index (χ4v) is 2.61. The summed E-state index contributed by atoms with van der Waals surface area (Å²) in [6.45, 7) is 0. The quantitative estimate of drug-likeness (QED) is 0.498. The zero-order valence-electron chi connectivity index (χ0n) is 12.7. The Morgan fingerprint density at radius 3 is 2.76 bits per heavy atom. The molecule has 8 heteroatoms. The van der Waals surface area contributed by atoms with Gasteiger partial charge in [0.1, 0.15) is 16.5 Å². The minimum Gasteiger partial charge on any atom is -0.507 e. The van der Waals surface area contributed by atoms with E-state index in [2.05, 4.69) is 31.6 Å². The smallest absolute Gasteiger partial charge is 0.292 e. The molecule has 0 spiro atoms. The highest BCUT2D eigenvalue weighted by Crippen LogP contribution is 2.21. The number of hydrazone groups is 1. The topological polar surface area (TPSA) is 79.5 Å². The standard InChI is InChI=1S/C17H12BrClN4O2/c18-12-6-7-15(24)11(8-12)9-20-22-14-10-21-23(17(25)16(14)19)13-4-2-1-3-5-13/h1-10,22,24H/b20-9-. The summed E-state index contributed by atoms with van der Waals surface area (Å²) in [6.07, 6.45) is 2.83. The molecule has 0 amide bonds. The van der Waals surface area contributed by atoms with Gasteiger partial charge in [0.2, 0.25) is 0 Å². The number of para-hydroxylation sites is 1. The molecule has 6 nitrogen and oxygen atoms in total. The molecule has 0 atom stereocenters. The number of aromatic nitrogens is 2. The summed E-state index contributed by atoms with van der Waals surface area (Å²) in [7, 11) is 0. The van der Waals surface area contributed by atoms with Crippen molar-refractivity contribution in [3.63, 3.8) is 0 Å². The summed E-state index contributed by atoms with van der Waals surface area (Å²) in [5.74, 6) is 0.0810. The van der Waals surface area contributed by atoms with Crippen LogP contribution in [0.25, 0.3) is 5.69 Å². The molecule has 0 saturated carbocycles. The number of nitrogens with one attached hydrogen (secondary N) is 1. The Bertz CT molecular complexity index is 990. The number of hydrogen-bond acceptors (Lipinski definition) is 5. The first-order valence-electron chi connectivity index (χ1n) is 7.17. The number of benzene rings is 2. The molecule has 0 saturated heterocycles. The Kier molecular flexibility index (Phi) is 5.16. The molecule has 1 aromatic heterocycles. The number of phenolic OH excluding ortho intramolecular Hbond substituents is 1. The summed E-state index contributed by atoms with van der Waals surface area (Å²) in [5, 5.41) is 17.8. The molecular weight excluding hydrogens is 408 g/mol. The molecular formula is C17H12BrClN4O2. The van der Waals surface area contributed by atoms with Crippen LogP contribution in [0, 0.1) is 0 Å². The second kappa shape index (κ2) is 7.50. The van der Waals surface area contributed by atoms with Crippen LogP contribution >= 0.6 is 27.5 Å². The normalized spacial score (nSPS) is 11.0. The molecule has 0 fully saturated rings. The molecule has 0 aliphatic heterocycles. The zero-order chi connectivity index (χ0) is 17.8. The molecule has 0 radical (unpaired) electrons. The molecule has 3 aromatic rings. The maximum Gasteiger partial charge on any atom is 0.292 e. The van der Waals surface area contributed by atoms with E-state index in [9.17, 15) is 9.90 Å². The molecule has 1 heterocycles. The Morgan fingerprint density at radius 2 is 2.00 bits per heavy atom. The zero-order valence-corrected chi connectivity index (χ0v) is 15.1. The van der Waals surface area contributed by atoms with E-state index in [4.69, 9.17) is 11.6 Å². The van der Waals surface area contributed by atoms with E-state index in [-0.39, 0.29) is 16.5 Å². The van der Waals surface area contributed by atoms with Gasteiger partial charge in [-0.25, -0.2) is 0 Å². The summed E-state index contributed by atoms with van der Waals surface area (Å²) in [6, 6.07) is 13.9. The van der Waals surface area contributed by atoms with Crippen molar-refractivity contribution in [2.24, 2.45) is 5.10 Å². The van der Waals surface area contributed by atoms with Crippen molar-refractivity contribution in [3.05, 3.63) is 80.1 Å². The van der Waals surface area contributed by atoms with Crippen LogP contribution in [0.15, 0.2) is 69.1 Å². The fraction of sp³-hybridized carbons (Fsp3) is 0. The first-order valence-corrected chi connectivity index (χ1v) is 8.34. The predicted molar refractivity (Wildman–Crippen MR) is 102 cm³/mol. The van der Waals surface area contributed by atoms with Crippen LogP contribution < -0.4 is 11.0 Å². The van der Waals surface area contributed by atoms with E-state index in [1.165, 1.54) is 17.1 Å². The summed E-state index contributed by atoms with van der Waals surface area (Å²) in [5.41, 5.74) is 3.59. The van der Waals surface area contributed by atoms with Crippen molar-refractivity contribution in [1.82, 2.24) is 9.78 Å². The van der Waals surface area contributed by atoms with Crippen molar-refractivity contribution < 1.29 is 5.11 Å². The van der Waals surface area contributed by atoms with Crippen LogP contribution in [0.1, 0.15) is 5.56 Å². The van der Waals surface area contributed by atoms with Crippen LogP contribution in [0.5, 0.6) is 5.75 Å². The van der Waals surface area contributed by atoms with Gasteiger partial charge in [-0.05, 0) is 30.3 Å². The average molecular weight is 420 g/mol. The minimum atomic E-state index is -0.460. The number of phenols is 1. The number of anilines is 1. The van der Waals surface area contributed by atoms with E-state index in [1.807, 2.05) is 6.07 Å². The van der Waals surface area contributed by atoms with Gasteiger partial charge in [-0.2, -0.15) is 14.9 Å². The van der Waals surface area contributed by atoms with Gasteiger partial charge in [0, 0.05) is 10.0 Å². The Morgan fingerprint density at radius 1 is 1.24 bits per heavy atom. The Balaban J connectivity index is 1.85. The lowest BCUT2D eigenvalue weighted by atomic mass is 10.2. The van der Waals surface area contributed by atoms with Crippen molar-refractivity contribution >= 4 is 39.4 Å². The third-order valence-electron chi connectivity index (χ3n) is 3.30. The lowest BCUT2D eigenvalue weighted by molar-refractivity contribution is 0.474. The molecule has 0 bridgehead atoms. The largest absolute Gasteiger partial charge is 0.507 e. The molecule has 2 aromatic carbocycles. The Hall–Kier alpha value is -2.64. The number of hydrogen-bond donors (Lipinski definition) is 2.